The van der Waals surface area contributed by atoms with E-state index in [1.807, 2.05) is 0 Å². The summed E-state index contributed by atoms with van der Waals surface area (Å²) in [5.74, 6) is -2.12. The number of nitrogens with one attached hydrogen (secondary N) is 2. The normalized spacial score (nSPS) is 21.4. The molecular weight excluding hydrogens is 508 g/mol. The summed E-state index contributed by atoms with van der Waals surface area (Å²) in [5.41, 5.74) is -0.495. The lowest BCUT2D eigenvalue weighted by Gasteiger charge is -2.21. The lowest BCUT2D eigenvalue weighted by Crippen LogP contribution is -2.39. The highest BCUT2D eigenvalue weighted by molar-refractivity contribution is 6.10. The average Bonchev–Trinajstić information content (AvgIpc) is 3.75. The van der Waals surface area contributed by atoms with Crippen molar-refractivity contribution < 1.29 is 22.4 Å². The number of carbonyl (C=O) groups excluding carboxylic acids is 1. The van der Waals surface area contributed by atoms with Crippen molar-refractivity contribution in [2.45, 2.75) is 42.7 Å². The molecule has 9 nitrogen and oxygen atoms in total. The zero-order chi connectivity index (χ0) is 26.6. The van der Waals surface area contributed by atoms with Crippen molar-refractivity contribution >= 4 is 17.2 Å². The van der Waals surface area contributed by atoms with Gasteiger partial charge in [0.15, 0.2) is 11.5 Å². The number of halogens is 4. The van der Waals surface area contributed by atoms with Crippen LogP contribution in [0, 0.1) is 5.82 Å². The molecule has 0 saturated heterocycles. The van der Waals surface area contributed by atoms with Crippen LogP contribution in [0.3, 0.4) is 0 Å². The summed E-state index contributed by atoms with van der Waals surface area (Å²) in [6, 6.07) is 4.81. The second-order valence-corrected chi connectivity index (χ2v) is 10.1. The first-order chi connectivity index (χ1) is 18.1. The topological polar surface area (TPSA) is 116 Å². The summed E-state index contributed by atoms with van der Waals surface area (Å²) in [4.78, 5) is 46.1. The van der Waals surface area contributed by atoms with Gasteiger partial charge in [0.1, 0.15) is 6.54 Å². The van der Waals surface area contributed by atoms with Gasteiger partial charge in [-0.15, -0.1) is 0 Å². The molecule has 0 bridgehead atoms. The molecule has 38 heavy (non-hydrogen) atoms. The first-order valence-corrected chi connectivity index (χ1v) is 12.0. The highest BCUT2D eigenvalue weighted by atomic mass is 19.4. The zero-order valence-corrected chi connectivity index (χ0v) is 19.5. The first-order valence-electron chi connectivity index (χ1n) is 12.0. The van der Waals surface area contributed by atoms with E-state index in [0.29, 0.717) is 40.9 Å². The predicted octanol–water partition coefficient (Wildman–Crippen LogP) is 3.12. The molecule has 2 saturated carbocycles. The number of H-pyrrole nitrogens is 2. The third-order valence-electron chi connectivity index (χ3n) is 7.75. The molecule has 1 aromatic carbocycles. The van der Waals surface area contributed by atoms with E-state index >= 15 is 4.39 Å². The van der Waals surface area contributed by atoms with Gasteiger partial charge >= 0.3 is 11.9 Å². The van der Waals surface area contributed by atoms with Gasteiger partial charge in [0.05, 0.1) is 22.4 Å². The smallest absolute Gasteiger partial charge is 0.313 e. The molecule has 2 aliphatic carbocycles. The van der Waals surface area contributed by atoms with E-state index in [0.717, 1.165) is 0 Å². The van der Waals surface area contributed by atoms with Gasteiger partial charge in [0, 0.05) is 24.2 Å². The van der Waals surface area contributed by atoms with E-state index in [1.165, 1.54) is 16.9 Å². The Balaban J connectivity index is 1.29. The largest absolute Gasteiger partial charge is 0.406 e. The molecule has 4 heterocycles. The summed E-state index contributed by atoms with van der Waals surface area (Å²) < 4.78 is 57.3. The Morgan fingerprint density at radius 3 is 2.58 bits per heavy atom. The lowest BCUT2D eigenvalue weighted by molar-refractivity contribution is -0.133. The zero-order valence-electron chi connectivity index (χ0n) is 19.5. The van der Waals surface area contributed by atoms with Crippen LogP contribution in [-0.4, -0.2) is 43.2 Å². The maximum atomic E-state index is 15.9. The fourth-order valence-corrected chi connectivity index (χ4v) is 5.76. The maximum absolute atomic E-state index is 15.9. The molecule has 1 spiro atoms. The second-order valence-electron chi connectivity index (χ2n) is 10.1. The number of anilines is 1. The molecule has 0 unspecified atom stereocenters. The SMILES string of the molecule is O=C1N(CC(F)(F)F)c2c(ccc([C@H]3C[C@@H]3c3cc(-c4c[nH]c(=O)[nH]c4=O)nn4ccnc34)c2F)C12CC2. The number of amides is 1. The Labute approximate surface area is 210 Å². The van der Waals surface area contributed by atoms with Crippen LogP contribution in [0.15, 0.2) is 46.4 Å². The summed E-state index contributed by atoms with van der Waals surface area (Å²) in [6.45, 7) is -1.54. The summed E-state index contributed by atoms with van der Waals surface area (Å²) in [6.07, 6.45) is 0.986. The summed E-state index contributed by atoms with van der Waals surface area (Å²) in [5, 5.41) is 4.39. The molecule has 13 heteroatoms. The number of benzene rings is 1. The maximum Gasteiger partial charge on any atom is 0.406 e. The molecule has 1 amide bonds. The number of carbonyl (C=O) groups is 1. The third-order valence-corrected chi connectivity index (χ3v) is 7.75. The number of nitrogens with zero attached hydrogens (tertiary/aromatic N) is 4. The molecule has 1 aliphatic heterocycles. The van der Waals surface area contributed by atoms with Crippen LogP contribution in [0.4, 0.5) is 23.2 Å². The molecular formula is C25H18F4N6O3. The van der Waals surface area contributed by atoms with Gasteiger partial charge in [-0.05, 0) is 48.3 Å². The average molecular weight is 526 g/mol. The molecule has 3 aromatic heterocycles. The van der Waals surface area contributed by atoms with Crippen molar-refractivity contribution in [1.82, 2.24) is 24.6 Å². The Bertz CT molecular complexity index is 1780. The minimum Gasteiger partial charge on any atom is -0.313 e. The van der Waals surface area contributed by atoms with Gasteiger partial charge in [0.25, 0.3) is 5.56 Å². The Kier molecular flexibility index (Phi) is 4.45. The number of hydrogen-bond acceptors (Lipinski definition) is 5. The summed E-state index contributed by atoms with van der Waals surface area (Å²) >= 11 is 0. The quantitative estimate of drug-likeness (QED) is 0.397. The monoisotopic (exact) mass is 526 g/mol. The number of aromatic amines is 2. The van der Waals surface area contributed by atoms with Crippen LogP contribution < -0.4 is 16.1 Å². The number of hydrogen-bond donors (Lipinski definition) is 2. The van der Waals surface area contributed by atoms with E-state index in [-0.39, 0.29) is 34.3 Å². The molecule has 2 N–H and O–H groups in total. The van der Waals surface area contributed by atoms with Crippen LogP contribution in [0.5, 0.6) is 0 Å². The van der Waals surface area contributed by atoms with E-state index in [4.69, 9.17) is 0 Å². The Hall–Kier alpha value is -4.29. The van der Waals surface area contributed by atoms with Gasteiger partial charge in [0.2, 0.25) is 5.91 Å². The van der Waals surface area contributed by atoms with Gasteiger partial charge in [-0.1, -0.05) is 12.1 Å². The molecule has 2 atom stereocenters. The number of imidazole rings is 1. The molecule has 194 valence electrons. The fraction of sp³-hybridized carbons (Fsp3) is 0.320. The van der Waals surface area contributed by atoms with Gasteiger partial charge in [-0.25, -0.2) is 18.7 Å². The van der Waals surface area contributed by atoms with Crippen molar-refractivity contribution in [3.8, 4) is 11.3 Å². The Morgan fingerprint density at radius 2 is 1.87 bits per heavy atom. The minimum atomic E-state index is -4.67. The molecule has 3 aliphatic rings. The first kappa shape index (κ1) is 22.9. The minimum absolute atomic E-state index is 0.124. The van der Waals surface area contributed by atoms with Crippen LogP contribution in [0.25, 0.3) is 16.9 Å². The second kappa shape index (κ2) is 7.39. The van der Waals surface area contributed by atoms with E-state index in [9.17, 15) is 27.6 Å². The molecule has 4 aromatic rings. The lowest BCUT2D eigenvalue weighted by atomic mass is 9.94. The third kappa shape index (κ3) is 3.26. The van der Waals surface area contributed by atoms with Crippen LogP contribution in [-0.2, 0) is 10.2 Å². The molecule has 0 radical (unpaired) electrons. The van der Waals surface area contributed by atoms with Gasteiger partial charge in [-0.3, -0.25) is 19.5 Å². The number of rotatable bonds is 4. The predicted molar refractivity (Wildman–Crippen MR) is 125 cm³/mol. The van der Waals surface area contributed by atoms with Crippen molar-refractivity contribution in [3.63, 3.8) is 0 Å². The van der Waals surface area contributed by atoms with Crippen LogP contribution >= 0.6 is 0 Å². The van der Waals surface area contributed by atoms with Crippen molar-refractivity contribution in [1.29, 1.82) is 0 Å². The molecule has 7 rings (SSSR count). The molecule has 2 fully saturated rings. The van der Waals surface area contributed by atoms with Crippen LogP contribution in [0.2, 0.25) is 0 Å². The Morgan fingerprint density at radius 1 is 1.11 bits per heavy atom. The van der Waals surface area contributed by atoms with Crippen molar-refractivity contribution in [2.24, 2.45) is 0 Å². The number of alkyl halides is 3. The highest BCUT2D eigenvalue weighted by Gasteiger charge is 2.61. The fourth-order valence-electron chi connectivity index (χ4n) is 5.76. The van der Waals surface area contributed by atoms with E-state index in [2.05, 4.69) is 20.1 Å². The van der Waals surface area contributed by atoms with Crippen molar-refractivity contribution in [3.05, 3.63) is 80.1 Å². The van der Waals surface area contributed by atoms with Crippen LogP contribution in [0.1, 0.15) is 47.8 Å². The van der Waals surface area contributed by atoms with Gasteiger partial charge in [-0.2, -0.15) is 18.3 Å². The van der Waals surface area contributed by atoms with Gasteiger partial charge < -0.3 is 4.98 Å². The standard InChI is InChI=1S/C25H18F4N6O3/c26-18-11(1-2-16-19(18)34(10-25(27,28)29)22(37)24(16)3-4-24)12-7-13(12)14-8-17(33-35-6-5-30-20(14)35)15-9-31-23(38)32-21(15)36/h1-2,5-6,8-9,12-13H,3-4,7,10H2,(H2,31,32,36,38)/t12-,13+/m1/s1. The van der Waals surface area contributed by atoms with E-state index in [1.54, 1.807) is 24.4 Å². The van der Waals surface area contributed by atoms with E-state index < -0.39 is 41.1 Å². The number of fused-ring (bicyclic) bond motifs is 3. The van der Waals surface area contributed by atoms with Crippen molar-refractivity contribution in [2.75, 3.05) is 11.4 Å². The highest BCUT2D eigenvalue weighted by Crippen LogP contribution is 2.61. The summed E-state index contributed by atoms with van der Waals surface area (Å²) in [7, 11) is 0. The number of aromatic nitrogens is 5.